The third kappa shape index (κ3) is 1.74. The topological polar surface area (TPSA) is 107 Å². The van der Waals surface area contributed by atoms with E-state index < -0.39 is 17.2 Å². The fourth-order valence-corrected chi connectivity index (χ4v) is 1.32. The van der Waals surface area contributed by atoms with Crippen LogP contribution < -0.4 is 11.5 Å². The van der Waals surface area contributed by atoms with E-state index in [1.165, 1.54) is 6.07 Å². The summed E-state index contributed by atoms with van der Waals surface area (Å²) in [5.74, 6) is -2.23. The fraction of sp³-hybridized carbons (Fsp3) is 0. The van der Waals surface area contributed by atoms with Crippen LogP contribution >= 0.6 is 0 Å². The summed E-state index contributed by atoms with van der Waals surface area (Å²) < 4.78 is 27.7. The van der Waals surface area contributed by atoms with Gasteiger partial charge in [-0.25, -0.2) is 8.78 Å². The average molecular weight is 236 g/mol. The standard InChI is InChI=1S/C9H6F2N6/c10-6-1-4(2-7(11)5(6)3-12)17-9(14)15-8(13)16-17/h1-2H,(H4,13,14,15,16). The van der Waals surface area contributed by atoms with Crippen molar-refractivity contribution in [3.63, 3.8) is 0 Å². The molecule has 0 amide bonds. The molecule has 0 atom stereocenters. The van der Waals surface area contributed by atoms with Gasteiger partial charge in [-0.2, -0.15) is 14.9 Å². The molecule has 17 heavy (non-hydrogen) atoms. The zero-order chi connectivity index (χ0) is 12.6. The molecule has 0 aliphatic rings. The molecule has 86 valence electrons. The van der Waals surface area contributed by atoms with Crippen LogP contribution in [0.3, 0.4) is 0 Å². The van der Waals surface area contributed by atoms with E-state index in [1.54, 1.807) is 0 Å². The highest BCUT2D eigenvalue weighted by Crippen LogP contribution is 2.19. The van der Waals surface area contributed by atoms with E-state index in [9.17, 15) is 8.78 Å². The van der Waals surface area contributed by atoms with Gasteiger partial charge in [-0.3, -0.25) is 0 Å². The first-order valence-electron chi connectivity index (χ1n) is 4.40. The largest absolute Gasteiger partial charge is 0.368 e. The van der Waals surface area contributed by atoms with Crippen molar-refractivity contribution < 1.29 is 8.78 Å². The third-order valence-electron chi connectivity index (χ3n) is 2.03. The summed E-state index contributed by atoms with van der Waals surface area (Å²) in [4.78, 5) is 3.59. The van der Waals surface area contributed by atoms with E-state index >= 15 is 0 Å². The second kappa shape index (κ2) is 3.71. The molecule has 0 saturated heterocycles. The number of nitriles is 1. The van der Waals surface area contributed by atoms with Crippen molar-refractivity contribution in [2.45, 2.75) is 0 Å². The highest BCUT2D eigenvalue weighted by atomic mass is 19.1. The molecule has 1 heterocycles. The van der Waals surface area contributed by atoms with Crippen LogP contribution in [0, 0.1) is 23.0 Å². The summed E-state index contributed by atoms with van der Waals surface area (Å²) in [7, 11) is 0. The van der Waals surface area contributed by atoms with Gasteiger partial charge in [0.25, 0.3) is 0 Å². The predicted octanol–water partition coefficient (Wildman–Crippen LogP) is 0.582. The second-order valence-electron chi connectivity index (χ2n) is 3.14. The van der Waals surface area contributed by atoms with Crippen LogP contribution in [-0.2, 0) is 0 Å². The van der Waals surface area contributed by atoms with Gasteiger partial charge < -0.3 is 11.5 Å². The zero-order valence-electron chi connectivity index (χ0n) is 8.35. The number of hydrogen-bond acceptors (Lipinski definition) is 5. The number of halogens is 2. The molecule has 2 rings (SSSR count). The SMILES string of the molecule is N#Cc1c(F)cc(-n2nc(N)nc2N)cc1F. The van der Waals surface area contributed by atoms with Crippen LogP contribution in [0.25, 0.3) is 5.69 Å². The average Bonchev–Trinajstić information content (AvgIpc) is 2.57. The van der Waals surface area contributed by atoms with Crippen LogP contribution in [0.2, 0.25) is 0 Å². The quantitative estimate of drug-likeness (QED) is 0.753. The van der Waals surface area contributed by atoms with Gasteiger partial charge in [-0.15, -0.1) is 5.10 Å². The van der Waals surface area contributed by atoms with E-state index in [0.29, 0.717) is 0 Å². The normalized spacial score (nSPS) is 10.2. The molecule has 4 N–H and O–H groups in total. The minimum Gasteiger partial charge on any atom is -0.368 e. The van der Waals surface area contributed by atoms with Crippen molar-refractivity contribution in [3.8, 4) is 11.8 Å². The number of aromatic nitrogens is 3. The smallest absolute Gasteiger partial charge is 0.241 e. The van der Waals surface area contributed by atoms with Crippen LogP contribution in [-0.4, -0.2) is 14.8 Å². The van der Waals surface area contributed by atoms with Crippen molar-refractivity contribution >= 4 is 11.9 Å². The minimum atomic E-state index is -1.00. The number of nitrogen functional groups attached to an aromatic ring is 2. The number of nitrogens with two attached hydrogens (primary N) is 2. The van der Waals surface area contributed by atoms with Crippen LogP contribution in [0.1, 0.15) is 5.56 Å². The Bertz CT molecular complexity index is 604. The molecule has 1 aromatic carbocycles. The number of hydrogen-bond donors (Lipinski definition) is 2. The Hall–Kier alpha value is -2.69. The molecule has 0 spiro atoms. The van der Waals surface area contributed by atoms with Gasteiger partial charge in [0.05, 0.1) is 5.69 Å². The van der Waals surface area contributed by atoms with E-state index in [1.807, 2.05) is 0 Å². The van der Waals surface area contributed by atoms with E-state index in [0.717, 1.165) is 16.8 Å². The van der Waals surface area contributed by atoms with Crippen molar-refractivity contribution in [1.29, 1.82) is 5.26 Å². The zero-order valence-corrected chi connectivity index (χ0v) is 8.35. The maximum atomic E-state index is 13.3. The van der Waals surface area contributed by atoms with Crippen LogP contribution in [0.15, 0.2) is 12.1 Å². The molecular weight excluding hydrogens is 230 g/mol. The van der Waals surface area contributed by atoms with E-state index in [2.05, 4.69) is 10.1 Å². The number of rotatable bonds is 1. The van der Waals surface area contributed by atoms with Gasteiger partial charge in [-0.1, -0.05) is 0 Å². The molecule has 0 fully saturated rings. The number of benzene rings is 1. The molecule has 0 radical (unpaired) electrons. The van der Waals surface area contributed by atoms with Crippen LogP contribution in [0.5, 0.6) is 0 Å². The van der Waals surface area contributed by atoms with Crippen LogP contribution in [0.4, 0.5) is 20.7 Å². The molecule has 6 nitrogen and oxygen atoms in total. The second-order valence-corrected chi connectivity index (χ2v) is 3.14. The minimum absolute atomic E-state index is 0.000648. The Morgan fingerprint density at radius 1 is 1.24 bits per heavy atom. The molecule has 2 aromatic rings. The predicted molar refractivity (Wildman–Crippen MR) is 54.8 cm³/mol. The molecule has 0 bridgehead atoms. The van der Waals surface area contributed by atoms with Gasteiger partial charge in [0, 0.05) is 12.1 Å². The van der Waals surface area contributed by atoms with Crippen molar-refractivity contribution in [2.24, 2.45) is 0 Å². The first-order valence-corrected chi connectivity index (χ1v) is 4.40. The Morgan fingerprint density at radius 3 is 2.24 bits per heavy atom. The Balaban J connectivity index is 2.63. The molecule has 0 unspecified atom stereocenters. The molecule has 0 saturated carbocycles. The van der Waals surface area contributed by atoms with Gasteiger partial charge in [-0.05, 0) is 0 Å². The first-order chi connectivity index (χ1) is 8.02. The molecular formula is C9H6F2N6. The number of nitrogens with zero attached hydrogens (tertiary/aromatic N) is 4. The Morgan fingerprint density at radius 2 is 1.82 bits per heavy atom. The lowest BCUT2D eigenvalue weighted by Crippen LogP contribution is -2.04. The maximum Gasteiger partial charge on any atom is 0.241 e. The third-order valence-corrected chi connectivity index (χ3v) is 2.03. The van der Waals surface area contributed by atoms with Gasteiger partial charge in [0.2, 0.25) is 11.9 Å². The summed E-state index contributed by atoms with van der Waals surface area (Å²) in [5.41, 5.74) is 10.1. The van der Waals surface area contributed by atoms with Gasteiger partial charge in [0.15, 0.2) is 0 Å². The summed E-state index contributed by atoms with van der Waals surface area (Å²) in [5, 5.41) is 12.2. The lowest BCUT2D eigenvalue weighted by molar-refractivity contribution is 0.574. The fourth-order valence-electron chi connectivity index (χ4n) is 1.32. The summed E-state index contributed by atoms with van der Waals surface area (Å²) in [6.45, 7) is 0. The lowest BCUT2D eigenvalue weighted by atomic mass is 10.2. The summed E-state index contributed by atoms with van der Waals surface area (Å²) in [6, 6.07) is 3.26. The number of anilines is 2. The molecule has 0 aliphatic carbocycles. The van der Waals surface area contributed by atoms with E-state index in [-0.39, 0.29) is 17.6 Å². The first kappa shape index (κ1) is 10.8. The van der Waals surface area contributed by atoms with Crippen molar-refractivity contribution in [3.05, 3.63) is 29.3 Å². The summed E-state index contributed by atoms with van der Waals surface area (Å²) in [6.07, 6.45) is 0. The van der Waals surface area contributed by atoms with Gasteiger partial charge >= 0.3 is 0 Å². The summed E-state index contributed by atoms with van der Waals surface area (Å²) >= 11 is 0. The van der Waals surface area contributed by atoms with E-state index in [4.69, 9.17) is 16.7 Å². The monoisotopic (exact) mass is 236 g/mol. The van der Waals surface area contributed by atoms with Gasteiger partial charge in [0.1, 0.15) is 23.3 Å². The Labute approximate surface area is 94.1 Å². The molecule has 1 aromatic heterocycles. The Kier molecular flexibility index (Phi) is 2.36. The van der Waals surface area contributed by atoms with Crippen molar-refractivity contribution in [2.75, 3.05) is 11.5 Å². The lowest BCUT2D eigenvalue weighted by Gasteiger charge is -2.04. The molecule has 8 heteroatoms. The highest BCUT2D eigenvalue weighted by molar-refractivity contribution is 5.45. The van der Waals surface area contributed by atoms with Crippen molar-refractivity contribution in [1.82, 2.24) is 14.8 Å². The maximum absolute atomic E-state index is 13.3. The molecule has 0 aliphatic heterocycles. The highest BCUT2D eigenvalue weighted by Gasteiger charge is 2.14.